The molecule has 0 aliphatic heterocycles. The minimum absolute atomic E-state index is 0.236. The van der Waals surface area contributed by atoms with Crippen molar-refractivity contribution in [3.05, 3.63) is 65.2 Å². The molecule has 2 aromatic rings. The lowest BCUT2D eigenvalue weighted by molar-refractivity contribution is -0.113. The zero-order valence-corrected chi connectivity index (χ0v) is 13.4. The summed E-state index contributed by atoms with van der Waals surface area (Å²) in [5, 5.41) is 11.3. The average Bonchev–Trinajstić information content (AvgIpc) is 2.49. The number of nitriles is 1. The quantitative estimate of drug-likeness (QED) is 0.913. The van der Waals surface area contributed by atoms with E-state index in [4.69, 9.17) is 5.26 Å². The van der Waals surface area contributed by atoms with Crippen molar-refractivity contribution >= 4 is 21.4 Å². The van der Waals surface area contributed by atoms with Gasteiger partial charge in [0.15, 0.2) is 9.84 Å². The Morgan fingerprint density at radius 2 is 1.70 bits per heavy atom. The molecule has 0 heterocycles. The summed E-state index contributed by atoms with van der Waals surface area (Å²) in [5.41, 5.74) is 2.63. The Kier molecular flexibility index (Phi) is 5.14. The summed E-state index contributed by atoms with van der Waals surface area (Å²) in [7, 11) is -3.58. The Hall–Kier alpha value is -2.65. The molecule has 2 aromatic carbocycles. The van der Waals surface area contributed by atoms with Crippen LogP contribution < -0.4 is 5.32 Å². The molecule has 5 nitrogen and oxygen atoms in total. The van der Waals surface area contributed by atoms with Crippen molar-refractivity contribution < 1.29 is 13.2 Å². The Morgan fingerprint density at radius 1 is 1.09 bits per heavy atom. The van der Waals surface area contributed by atoms with Gasteiger partial charge in [0.2, 0.25) is 5.91 Å². The van der Waals surface area contributed by atoms with Gasteiger partial charge in [-0.15, -0.1) is 0 Å². The van der Waals surface area contributed by atoms with Crippen LogP contribution in [0.2, 0.25) is 0 Å². The first kappa shape index (κ1) is 16.7. The maximum absolute atomic E-state index is 12.1. The molecule has 2 rings (SSSR count). The molecule has 0 aliphatic carbocycles. The summed E-state index contributed by atoms with van der Waals surface area (Å²) in [6.45, 7) is 1.92. The molecule has 118 valence electrons. The lowest BCUT2D eigenvalue weighted by Crippen LogP contribution is -2.23. The zero-order chi connectivity index (χ0) is 16.9. The van der Waals surface area contributed by atoms with Gasteiger partial charge in [-0.1, -0.05) is 29.8 Å². The smallest absolute Gasteiger partial charge is 0.239 e. The number of hydrogen-bond acceptors (Lipinski definition) is 4. The monoisotopic (exact) mass is 328 g/mol. The summed E-state index contributed by atoms with van der Waals surface area (Å²) in [6, 6.07) is 15.3. The van der Waals surface area contributed by atoms with E-state index in [1.807, 2.05) is 25.1 Å². The molecule has 0 aliphatic rings. The van der Waals surface area contributed by atoms with Gasteiger partial charge in [-0.25, -0.2) is 8.42 Å². The van der Waals surface area contributed by atoms with Crippen LogP contribution in [0, 0.1) is 18.3 Å². The molecule has 0 spiro atoms. The average molecular weight is 328 g/mol. The minimum atomic E-state index is -3.58. The molecule has 0 atom stereocenters. The van der Waals surface area contributed by atoms with E-state index in [9.17, 15) is 13.2 Å². The molecule has 0 radical (unpaired) electrons. The first-order valence-corrected chi connectivity index (χ1v) is 8.76. The van der Waals surface area contributed by atoms with Crippen LogP contribution in [0.1, 0.15) is 16.7 Å². The van der Waals surface area contributed by atoms with E-state index >= 15 is 0 Å². The third-order valence-electron chi connectivity index (χ3n) is 3.16. The van der Waals surface area contributed by atoms with Gasteiger partial charge >= 0.3 is 0 Å². The van der Waals surface area contributed by atoms with Crippen LogP contribution in [0.15, 0.2) is 48.5 Å². The molecule has 23 heavy (non-hydrogen) atoms. The maximum Gasteiger partial charge on any atom is 0.239 e. The zero-order valence-electron chi connectivity index (χ0n) is 12.6. The molecular weight excluding hydrogens is 312 g/mol. The number of benzene rings is 2. The maximum atomic E-state index is 12.1. The Labute approximate surface area is 135 Å². The number of rotatable bonds is 5. The van der Waals surface area contributed by atoms with E-state index in [1.54, 1.807) is 36.4 Å². The second-order valence-electron chi connectivity index (χ2n) is 5.26. The van der Waals surface area contributed by atoms with Crippen LogP contribution in [0.4, 0.5) is 5.69 Å². The summed E-state index contributed by atoms with van der Waals surface area (Å²) in [6.07, 6.45) is 0. The summed E-state index contributed by atoms with van der Waals surface area (Å²) < 4.78 is 24.2. The third kappa shape index (κ3) is 5.24. The van der Waals surface area contributed by atoms with Crippen LogP contribution in [-0.2, 0) is 20.4 Å². The highest BCUT2D eigenvalue weighted by Crippen LogP contribution is 2.11. The standard InChI is InChI=1S/C17H16N2O3S/c1-13-2-8-16(9-3-13)19-17(20)12-23(21,22)11-15-6-4-14(10-18)5-7-15/h2-9H,11-12H2,1H3,(H,19,20). The van der Waals surface area contributed by atoms with Gasteiger partial charge in [-0.05, 0) is 36.8 Å². The van der Waals surface area contributed by atoms with Crippen molar-refractivity contribution in [1.82, 2.24) is 0 Å². The first-order valence-electron chi connectivity index (χ1n) is 6.94. The van der Waals surface area contributed by atoms with Crippen LogP contribution in [0.5, 0.6) is 0 Å². The number of hydrogen-bond donors (Lipinski definition) is 1. The van der Waals surface area contributed by atoms with Gasteiger partial charge in [-0.2, -0.15) is 5.26 Å². The Bertz CT molecular complexity index is 833. The van der Waals surface area contributed by atoms with Crippen molar-refractivity contribution in [2.45, 2.75) is 12.7 Å². The third-order valence-corrected chi connectivity index (χ3v) is 4.63. The van der Waals surface area contributed by atoms with E-state index in [-0.39, 0.29) is 5.75 Å². The fourth-order valence-corrected chi connectivity index (χ4v) is 3.29. The highest BCUT2D eigenvalue weighted by atomic mass is 32.2. The second kappa shape index (κ2) is 7.07. The van der Waals surface area contributed by atoms with Gasteiger partial charge in [0, 0.05) is 5.69 Å². The first-order chi connectivity index (χ1) is 10.9. The number of anilines is 1. The second-order valence-corrected chi connectivity index (χ2v) is 7.32. The number of carbonyl (C=O) groups is 1. The molecule has 0 aromatic heterocycles. The van der Waals surface area contributed by atoms with Crippen LogP contribution >= 0.6 is 0 Å². The molecule has 0 unspecified atom stereocenters. The van der Waals surface area contributed by atoms with E-state index in [0.717, 1.165) is 5.56 Å². The molecule has 1 N–H and O–H groups in total. The number of carbonyl (C=O) groups excluding carboxylic acids is 1. The molecule has 0 fully saturated rings. The van der Waals surface area contributed by atoms with Gasteiger partial charge in [0.25, 0.3) is 0 Å². The van der Waals surface area contributed by atoms with E-state index in [2.05, 4.69) is 5.32 Å². The molecular formula is C17H16N2O3S. The normalized spacial score (nSPS) is 10.8. The van der Waals surface area contributed by atoms with E-state index < -0.39 is 21.5 Å². The molecule has 0 bridgehead atoms. The SMILES string of the molecule is Cc1ccc(NC(=O)CS(=O)(=O)Cc2ccc(C#N)cc2)cc1. The van der Waals surface area contributed by atoms with Crippen LogP contribution in [-0.4, -0.2) is 20.1 Å². The highest BCUT2D eigenvalue weighted by Gasteiger charge is 2.17. The summed E-state index contributed by atoms with van der Waals surface area (Å²) in [5.74, 6) is -1.39. The van der Waals surface area contributed by atoms with Crippen LogP contribution in [0.3, 0.4) is 0 Å². The van der Waals surface area contributed by atoms with Crippen LogP contribution in [0.25, 0.3) is 0 Å². The van der Waals surface area contributed by atoms with Gasteiger partial charge < -0.3 is 5.32 Å². The van der Waals surface area contributed by atoms with Gasteiger partial charge in [0.05, 0.1) is 17.4 Å². The van der Waals surface area contributed by atoms with Gasteiger partial charge in [0.1, 0.15) is 5.75 Å². The highest BCUT2D eigenvalue weighted by molar-refractivity contribution is 7.91. The van der Waals surface area contributed by atoms with E-state index in [1.165, 1.54) is 0 Å². The van der Waals surface area contributed by atoms with Crippen molar-refractivity contribution in [1.29, 1.82) is 5.26 Å². The van der Waals surface area contributed by atoms with Crippen molar-refractivity contribution in [3.8, 4) is 6.07 Å². The fourth-order valence-electron chi connectivity index (χ4n) is 2.01. The predicted octanol–water partition coefficient (Wildman–Crippen LogP) is 2.42. The summed E-state index contributed by atoms with van der Waals surface area (Å²) in [4.78, 5) is 11.9. The Morgan fingerprint density at radius 3 is 2.26 bits per heavy atom. The topological polar surface area (TPSA) is 87.0 Å². The lowest BCUT2D eigenvalue weighted by atomic mass is 10.2. The lowest BCUT2D eigenvalue weighted by Gasteiger charge is -2.07. The number of aryl methyl sites for hydroxylation is 1. The largest absolute Gasteiger partial charge is 0.325 e. The van der Waals surface area contributed by atoms with Crippen molar-refractivity contribution in [3.63, 3.8) is 0 Å². The van der Waals surface area contributed by atoms with Gasteiger partial charge in [-0.3, -0.25) is 4.79 Å². The molecule has 0 saturated heterocycles. The number of amides is 1. The molecule has 6 heteroatoms. The Balaban J connectivity index is 1.98. The number of sulfone groups is 1. The predicted molar refractivity (Wildman–Crippen MR) is 88.5 cm³/mol. The van der Waals surface area contributed by atoms with Crippen molar-refractivity contribution in [2.24, 2.45) is 0 Å². The summed E-state index contributed by atoms with van der Waals surface area (Å²) >= 11 is 0. The molecule has 0 saturated carbocycles. The number of nitrogens with zero attached hydrogens (tertiary/aromatic N) is 1. The minimum Gasteiger partial charge on any atom is -0.325 e. The molecule has 1 amide bonds. The van der Waals surface area contributed by atoms with Crippen molar-refractivity contribution in [2.75, 3.05) is 11.1 Å². The number of nitrogens with one attached hydrogen (secondary N) is 1. The van der Waals surface area contributed by atoms with E-state index in [0.29, 0.717) is 16.8 Å². The fraction of sp³-hybridized carbons (Fsp3) is 0.176.